The predicted octanol–water partition coefficient (Wildman–Crippen LogP) is 0.953. The fourth-order valence-electron chi connectivity index (χ4n) is 2.44. The highest BCUT2D eigenvalue weighted by atomic mass is 32.2. The van der Waals surface area contributed by atoms with Crippen LogP contribution in [0.15, 0.2) is 18.2 Å². The second-order valence-electron chi connectivity index (χ2n) is 4.90. The van der Waals surface area contributed by atoms with Crippen LogP contribution in [0.25, 0.3) is 0 Å². The van der Waals surface area contributed by atoms with Gasteiger partial charge in [-0.2, -0.15) is 0 Å². The van der Waals surface area contributed by atoms with Crippen molar-refractivity contribution in [2.24, 2.45) is 5.73 Å². The van der Waals surface area contributed by atoms with Crippen molar-refractivity contribution in [3.63, 3.8) is 0 Å². The van der Waals surface area contributed by atoms with Crippen molar-refractivity contribution in [1.29, 1.82) is 0 Å². The van der Waals surface area contributed by atoms with E-state index in [0.717, 1.165) is 11.3 Å². The molecule has 0 amide bonds. The normalized spacial score (nSPS) is 21.5. The third-order valence-corrected chi connectivity index (χ3v) is 5.46. The number of hydrogen-bond donors (Lipinski definition) is 1. The van der Waals surface area contributed by atoms with E-state index in [1.54, 1.807) is 13.2 Å². The Balaban J connectivity index is 2.43. The minimum Gasteiger partial charge on any atom is -0.497 e. The van der Waals surface area contributed by atoms with Crippen molar-refractivity contribution in [2.45, 2.75) is 13.0 Å². The molecule has 0 spiro atoms. The Morgan fingerprint density at radius 1 is 1.50 bits per heavy atom. The first-order valence-corrected chi connectivity index (χ1v) is 8.52. The van der Waals surface area contributed by atoms with Gasteiger partial charge in [-0.15, -0.1) is 0 Å². The molecule has 0 saturated carbocycles. The Morgan fingerprint density at radius 3 is 2.75 bits per heavy atom. The van der Waals surface area contributed by atoms with Gasteiger partial charge >= 0.3 is 0 Å². The molecule has 0 aromatic heterocycles. The lowest BCUT2D eigenvalue weighted by atomic mass is 10.1. The molecule has 1 aromatic carbocycles. The second kappa shape index (κ2) is 5.57. The van der Waals surface area contributed by atoms with Crippen molar-refractivity contribution in [3.8, 4) is 5.75 Å². The van der Waals surface area contributed by atoms with E-state index in [2.05, 4.69) is 0 Å². The van der Waals surface area contributed by atoms with Crippen LogP contribution in [0.2, 0.25) is 0 Å². The van der Waals surface area contributed by atoms with Crippen LogP contribution in [-0.2, 0) is 9.84 Å². The number of nitrogens with two attached hydrogens (primary N) is 1. The van der Waals surface area contributed by atoms with E-state index in [1.165, 1.54) is 0 Å². The largest absolute Gasteiger partial charge is 0.497 e. The van der Waals surface area contributed by atoms with Crippen molar-refractivity contribution >= 4 is 32.7 Å². The molecule has 7 heteroatoms. The van der Waals surface area contributed by atoms with Crippen LogP contribution in [0, 0.1) is 0 Å². The van der Waals surface area contributed by atoms with Crippen molar-refractivity contribution in [3.05, 3.63) is 23.8 Å². The summed E-state index contributed by atoms with van der Waals surface area (Å²) in [6.45, 7) is 2.33. The maximum Gasteiger partial charge on any atom is 0.154 e. The van der Waals surface area contributed by atoms with Crippen molar-refractivity contribution in [2.75, 3.05) is 30.1 Å². The first-order chi connectivity index (χ1) is 9.34. The quantitative estimate of drug-likeness (QED) is 0.838. The van der Waals surface area contributed by atoms with Crippen LogP contribution in [0.4, 0.5) is 5.69 Å². The van der Waals surface area contributed by atoms with Crippen molar-refractivity contribution in [1.82, 2.24) is 0 Å². The zero-order valence-corrected chi connectivity index (χ0v) is 13.1. The number of rotatable bonds is 3. The third kappa shape index (κ3) is 3.04. The first-order valence-electron chi connectivity index (χ1n) is 6.29. The highest BCUT2D eigenvalue weighted by Gasteiger charge is 2.29. The molecule has 2 rings (SSSR count). The highest BCUT2D eigenvalue weighted by molar-refractivity contribution is 7.91. The average Bonchev–Trinajstić information content (AvgIpc) is 2.36. The smallest absolute Gasteiger partial charge is 0.154 e. The van der Waals surface area contributed by atoms with E-state index in [-0.39, 0.29) is 17.5 Å². The molecule has 1 aliphatic heterocycles. The highest BCUT2D eigenvalue weighted by Crippen LogP contribution is 2.29. The number of hydrogen-bond acceptors (Lipinski definition) is 5. The molecular formula is C13H18N2O3S2. The molecule has 5 nitrogen and oxygen atoms in total. The summed E-state index contributed by atoms with van der Waals surface area (Å²) in [6.07, 6.45) is 0. The molecule has 1 aromatic rings. The average molecular weight is 314 g/mol. The van der Waals surface area contributed by atoms with Gasteiger partial charge in [0, 0.05) is 24.2 Å². The monoisotopic (exact) mass is 314 g/mol. The zero-order chi connectivity index (χ0) is 14.9. The number of thiocarbonyl (C=S) groups is 1. The summed E-state index contributed by atoms with van der Waals surface area (Å²) < 4.78 is 28.6. The molecular weight excluding hydrogens is 296 g/mol. The number of nitrogens with zero attached hydrogens (tertiary/aromatic N) is 1. The molecule has 110 valence electrons. The summed E-state index contributed by atoms with van der Waals surface area (Å²) in [4.78, 5) is 2.32. The van der Waals surface area contributed by atoms with E-state index in [1.807, 2.05) is 24.0 Å². The zero-order valence-electron chi connectivity index (χ0n) is 11.5. The van der Waals surface area contributed by atoms with Gasteiger partial charge in [0.25, 0.3) is 0 Å². The van der Waals surface area contributed by atoms with Crippen LogP contribution < -0.4 is 15.4 Å². The van der Waals surface area contributed by atoms with E-state index in [9.17, 15) is 8.42 Å². The van der Waals surface area contributed by atoms with Gasteiger partial charge in [0.15, 0.2) is 9.84 Å². The van der Waals surface area contributed by atoms with E-state index in [4.69, 9.17) is 22.7 Å². The van der Waals surface area contributed by atoms with E-state index < -0.39 is 9.84 Å². The maximum absolute atomic E-state index is 11.7. The topological polar surface area (TPSA) is 72.6 Å². The molecule has 1 unspecified atom stereocenters. The summed E-state index contributed by atoms with van der Waals surface area (Å²) in [6, 6.07) is 5.34. The second-order valence-corrected chi connectivity index (χ2v) is 7.57. The summed E-state index contributed by atoms with van der Waals surface area (Å²) in [5.41, 5.74) is 7.33. The lowest BCUT2D eigenvalue weighted by molar-refractivity contribution is 0.414. The number of ether oxygens (including phenoxy) is 1. The lowest BCUT2D eigenvalue weighted by Gasteiger charge is -2.36. The summed E-state index contributed by atoms with van der Waals surface area (Å²) >= 11 is 5.07. The van der Waals surface area contributed by atoms with E-state index >= 15 is 0 Å². The van der Waals surface area contributed by atoms with Crippen LogP contribution >= 0.6 is 12.2 Å². The SMILES string of the molecule is COc1ccc(C(N)=S)c(N2CCS(=O)(=O)CC2C)c1. The molecule has 20 heavy (non-hydrogen) atoms. The van der Waals surface area contributed by atoms with Gasteiger partial charge in [-0.3, -0.25) is 0 Å². The summed E-state index contributed by atoms with van der Waals surface area (Å²) in [5.74, 6) is 0.979. The molecule has 0 bridgehead atoms. The fraction of sp³-hybridized carbons (Fsp3) is 0.462. The third-order valence-electron chi connectivity index (χ3n) is 3.45. The molecule has 1 atom stereocenters. The summed E-state index contributed by atoms with van der Waals surface area (Å²) in [5, 5.41) is 0. The Labute approximate surface area is 124 Å². The Hall–Kier alpha value is -1.34. The molecule has 0 aliphatic carbocycles. The maximum atomic E-state index is 11.7. The van der Waals surface area contributed by atoms with Gasteiger partial charge in [-0.1, -0.05) is 12.2 Å². The summed E-state index contributed by atoms with van der Waals surface area (Å²) in [7, 11) is -1.37. The number of sulfone groups is 1. The van der Waals surface area contributed by atoms with E-state index in [0.29, 0.717) is 17.3 Å². The number of methoxy groups -OCH3 is 1. The minimum atomic E-state index is -2.96. The number of anilines is 1. The van der Waals surface area contributed by atoms with Gasteiger partial charge in [-0.05, 0) is 19.1 Å². The van der Waals surface area contributed by atoms with Gasteiger partial charge in [0.2, 0.25) is 0 Å². The van der Waals surface area contributed by atoms with Gasteiger partial charge in [0.05, 0.1) is 24.3 Å². The minimum absolute atomic E-state index is 0.117. The van der Waals surface area contributed by atoms with Crippen LogP contribution in [-0.4, -0.2) is 44.6 Å². The predicted molar refractivity (Wildman–Crippen MR) is 84.3 cm³/mol. The Kier molecular flexibility index (Phi) is 4.19. The number of benzene rings is 1. The molecule has 2 N–H and O–H groups in total. The molecule has 1 saturated heterocycles. The van der Waals surface area contributed by atoms with Crippen LogP contribution in [0.3, 0.4) is 0 Å². The Bertz CT molecular complexity index is 629. The molecule has 1 heterocycles. The van der Waals surface area contributed by atoms with Gasteiger partial charge < -0.3 is 15.4 Å². The molecule has 0 radical (unpaired) electrons. The van der Waals surface area contributed by atoms with Crippen LogP contribution in [0.5, 0.6) is 5.75 Å². The molecule has 1 aliphatic rings. The standard InChI is InChI=1S/C13H18N2O3S2/c1-9-8-20(16,17)6-5-15(9)12-7-10(18-2)3-4-11(12)13(14)19/h3-4,7,9H,5-6,8H2,1-2H3,(H2,14,19). The Morgan fingerprint density at radius 2 is 2.20 bits per heavy atom. The van der Waals surface area contributed by atoms with Gasteiger partial charge in [0.1, 0.15) is 10.7 Å². The van der Waals surface area contributed by atoms with Crippen molar-refractivity contribution < 1.29 is 13.2 Å². The lowest BCUT2D eigenvalue weighted by Crippen LogP contribution is -2.47. The fourth-order valence-corrected chi connectivity index (χ4v) is 4.17. The van der Waals surface area contributed by atoms with Gasteiger partial charge in [-0.25, -0.2) is 8.42 Å². The van der Waals surface area contributed by atoms with Crippen LogP contribution in [0.1, 0.15) is 12.5 Å². The first kappa shape index (κ1) is 15.1. The molecule has 1 fully saturated rings.